The first-order valence-electron chi connectivity index (χ1n) is 11.3. The second-order valence-electron chi connectivity index (χ2n) is 8.48. The summed E-state index contributed by atoms with van der Waals surface area (Å²) in [6.07, 6.45) is 5.88. The number of rotatable bonds is 7. The predicted octanol–water partition coefficient (Wildman–Crippen LogP) is 5.78. The molecule has 1 aliphatic carbocycles. The van der Waals surface area contributed by atoms with Gasteiger partial charge >= 0.3 is 0 Å². The smallest absolute Gasteiger partial charge is 0.254 e. The van der Waals surface area contributed by atoms with Gasteiger partial charge in [-0.3, -0.25) is 9.59 Å². The molecule has 1 aliphatic rings. The van der Waals surface area contributed by atoms with Gasteiger partial charge in [0.25, 0.3) is 5.91 Å². The predicted molar refractivity (Wildman–Crippen MR) is 130 cm³/mol. The van der Waals surface area contributed by atoms with Crippen molar-refractivity contribution in [2.75, 3.05) is 18.4 Å². The first kappa shape index (κ1) is 22.2. The second-order valence-corrected chi connectivity index (χ2v) is 9.33. The largest absolute Gasteiger partial charge is 0.329 e. The maximum Gasteiger partial charge on any atom is 0.254 e. The Balaban J connectivity index is 1.48. The highest BCUT2D eigenvalue weighted by molar-refractivity contribution is 7.13. The molecule has 2 aromatic carbocycles. The van der Waals surface area contributed by atoms with Crippen LogP contribution in [0.1, 0.15) is 48.2 Å². The Labute approximate surface area is 193 Å². The molecule has 1 N–H and O–H groups in total. The third-order valence-electron chi connectivity index (χ3n) is 5.93. The Morgan fingerprint density at radius 1 is 1.00 bits per heavy atom. The molecule has 3 aromatic rings. The summed E-state index contributed by atoms with van der Waals surface area (Å²) in [5.41, 5.74) is 3.67. The van der Waals surface area contributed by atoms with Crippen LogP contribution < -0.4 is 5.32 Å². The summed E-state index contributed by atoms with van der Waals surface area (Å²) in [7, 11) is 0. The molecule has 0 spiro atoms. The zero-order valence-corrected chi connectivity index (χ0v) is 19.2. The number of carbonyl (C=O) groups excluding carboxylic acids is 2. The van der Waals surface area contributed by atoms with Crippen LogP contribution in [0, 0.1) is 12.8 Å². The van der Waals surface area contributed by atoms with Crippen LogP contribution in [0.5, 0.6) is 0 Å². The van der Waals surface area contributed by atoms with Crippen molar-refractivity contribution < 1.29 is 9.59 Å². The van der Waals surface area contributed by atoms with Gasteiger partial charge in [0.1, 0.15) is 6.54 Å². The molecule has 0 aliphatic heterocycles. The van der Waals surface area contributed by atoms with E-state index in [0.717, 1.165) is 29.7 Å². The minimum absolute atomic E-state index is 0.0361. The number of amides is 2. The lowest BCUT2D eigenvalue weighted by Crippen LogP contribution is -2.41. The van der Waals surface area contributed by atoms with Gasteiger partial charge in [0.2, 0.25) is 5.91 Å². The molecule has 0 unspecified atom stereocenters. The molecule has 32 heavy (non-hydrogen) atoms. The monoisotopic (exact) mass is 447 g/mol. The van der Waals surface area contributed by atoms with Crippen LogP contribution in [0.15, 0.2) is 60.0 Å². The van der Waals surface area contributed by atoms with Gasteiger partial charge in [-0.05, 0) is 48.9 Å². The molecule has 1 fully saturated rings. The highest BCUT2D eigenvalue weighted by atomic mass is 32.1. The second kappa shape index (κ2) is 10.6. The fourth-order valence-corrected chi connectivity index (χ4v) is 4.97. The van der Waals surface area contributed by atoms with Crippen molar-refractivity contribution in [3.63, 3.8) is 0 Å². The summed E-state index contributed by atoms with van der Waals surface area (Å²) in [6, 6.07) is 17.8. The molecule has 0 saturated heterocycles. The standard InChI is InChI=1S/C26H29N3O2S/c1-19-18-32-26(27-19)28-24(30)17-29(16-20-8-4-2-5-9-20)25(31)23-14-12-22(13-15-23)21-10-6-3-7-11-21/h3,6-7,10-15,18,20H,2,4-5,8-9,16-17H2,1H3,(H,27,28,30). The Kier molecular flexibility index (Phi) is 7.32. The van der Waals surface area contributed by atoms with Crippen LogP contribution in [-0.2, 0) is 4.79 Å². The quantitative estimate of drug-likeness (QED) is 0.499. The van der Waals surface area contributed by atoms with E-state index in [1.54, 1.807) is 4.90 Å². The summed E-state index contributed by atoms with van der Waals surface area (Å²) < 4.78 is 0. The molecule has 4 rings (SSSR count). The topological polar surface area (TPSA) is 62.3 Å². The zero-order valence-electron chi connectivity index (χ0n) is 18.4. The van der Waals surface area contributed by atoms with E-state index in [4.69, 9.17) is 0 Å². The minimum Gasteiger partial charge on any atom is -0.329 e. The van der Waals surface area contributed by atoms with Crippen molar-refractivity contribution in [2.24, 2.45) is 5.92 Å². The zero-order chi connectivity index (χ0) is 22.3. The summed E-state index contributed by atoms with van der Waals surface area (Å²) in [4.78, 5) is 32.1. The van der Waals surface area contributed by atoms with Crippen molar-refractivity contribution >= 4 is 28.3 Å². The lowest BCUT2D eigenvalue weighted by atomic mass is 9.89. The van der Waals surface area contributed by atoms with Crippen LogP contribution >= 0.6 is 11.3 Å². The number of aryl methyl sites for hydroxylation is 1. The van der Waals surface area contributed by atoms with E-state index in [0.29, 0.717) is 23.2 Å². The van der Waals surface area contributed by atoms with E-state index in [1.165, 1.54) is 30.6 Å². The molecule has 0 atom stereocenters. The Morgan fingerprint density at radius 2 is 1.69 bits per heavy atom. The average Bonchev–Trinajstić information content (AvgIpc) is 3.23. The Morgan fingerprint density at radius 3 is 2.34 bits per heavy atom. The van der Waals surface area contributed by atoms with E-state index in [2.05, 4.69) is 22.4 Å². The van der Waals surface area contributed by atoms with Crippen molar-refractivity contribution in [3.8, 4) is 11.1 Å². The van der Waals surface area contributed by atoms with E-state index >= 15 is 0 Å². The third-order valence-corrected chi connectivity index (χ3v) is 6.80. The maximum atomic E-state index is 13.4. The first-order valence-corrected chi connectivity index (χ1v) is 12.1. The number of nitrogens with zero attached hydrogens (tertiary/aromatic N) is 2. The molecule has 5 nitrogen and oxygen atoms in total. The van der Waals surface area contributed by atoms with Crippen molar-refractivity contribution in [1.29, 1.82) is 0 Å². The molecule has 1 heterocycles. The van der Waals surface area contributed by atoms with Gasteiger partial charge in [0.15, 0.2) is 5.13 Å². The molecule has 0 bridgehead atoms. The highest BCUT2D eigenvalue weighted by Gasteiger charge is 2.24. The molecule has 1 saturated carbocycles. The molecule has 0 radical (unpaired) electrons. The van der Waals surface area contributed by atoms with Crippen LogP contribution in [0.4, 0.5) is 5.13 Å². The van der Waals surface area contributed by atoms with Gasteiger partial charge in [-0.25, -0.2) is 4.98 Å². The van der Waals surface area contributed by atoms with E-state index in [1.807, 2.05) is 54.8 Å². The summed E-state index contributed by atoms with van der Waals surface area (Å²) in [6.45, 7) is 2.54. The van der Waals surface area contributed by atoms with Gasteiger partial charge in [-0.1, -0.05) is 61.7 Å². The number of anilines is 1. The average molecular weight is 448 g/mol. The number of hydrogen-bond acceptors (Lipinski definition) is 4. The SMILES string of the molecule is Cc1csc(NC(=O)CN(CC2CCCCC2)C(=O)c2ccc(-c3ccccc3)cc2)n1. The van der Waals surface area contributed by atoms with Crippen LogP contribution in [0.25, 0.3) is 11.1 Å². The molecule has 2 amide bonds. The molecule has 6 heteroatoms. The molecule has 1 aromatic heterocycles. The van der Waals surface area contributed by atoms with E-state index < -0.39 is 0 Å². The van der Waals surface area contributed by atoms with Crippen molar-refractivity contribution in [2.45, 2.75) is 39.0 Å². The van der Waals surface area contributed by atoms with Crippen LogP contribution in [0.2, 0.25) is 0 Å². The molecular formula is C26H29N3O2S. The normalized spacial score (nSPS) is 14.2. The van der Waals surface area contributed by atoms with Crippen LogP contribution in [-0.4, -0.2) is 34.8 Å². The van der Waals surface area contributed by atoms with E-state index in [9.17, 15) is 9.59 Å². The lowest BCUT2D eigenvalue weighted by Gasteiger charge is -2.29. The van der Waals surface area contributed by atoms with Gasteiger partial charge in [0.05, 0.1) is 5.69 Å². The lowest BCUT2D eigenvalue weighted by molar-refractivity contribution is -0.117. The van der Waals surface area contributed by atoms with E-state index in [-0.39, 0.29) is 18.4 Å². The van der Waals surface area contributed by atoms with Crippen LogP contribution in [0.3, 0.4) is 0 Å². The summed E-state index contributed by atoms with van der Waals surface area (Å²) >= 11 is 1.40. The Bertz CT molecular complexity index is 1040. The number of aromatic nitrogens is 1. The number of benzene rings is 2. The fraction of sp³-hybridized carbons (Fsp3) is 0.346. The maximum absolute atomic E-state index is 13.4. The third kappa shape index (κ3) is 5.82. The number of thiazole rings is 1. The number of hydrogen-bond donors (Lipinski definition) is 1. The Hall–Kier alpha value is -2.99. The fourth-order valence-electron chi connectivity index (χ4n) is 4.26. The van der Waals surface area contributed by atoms with Gasteiger partial charge in [0, 0.05) is 17.5 Å². The molecular weight excluding hydrogens is 418 g/mol. The highest BCUT2D eigenvalue weighted by Crippen LogP contribution is 2.26. The van der Waals surface area contributed by atoms with Crippen molar-refractivity contribution in [3.05, 3.63) is 71.2 Å². The number of nitrogens with one attached hydrogen (secondary N) is 1. The van der Waals surface area contributed by atoms with Gasteiger partial charge < -0.3 is 10.2 Å². The van der Waals surface area contributed by atoms with Gasteiger partial charge in [-0.15, -0.1) is 11.3 Å². The van der Waals surface area contributed by atoms with Gasteiger partial charge in [-0.2, -0.15) is 0 Å². The minimum atomic E-state index is -0.204. The summed E-state index contributed by atoms with van der Waals surface area (Å²) in [5, 5.41) is 5.31. The summed E-state index contributed by atoms with van der Waals surface area (Å²) in [5.74, 6) is 0.149. The molecule has 166 valence electrons. The number of carbonyl (C=O) groups is 2. The first-order chi connectivity index (χ1) is 15.6. The van der Waals surface area contributed by atoms with Crippen molar-refractivity contribution in [1.82, 2.24) is 9.88 Å².